The van der Waals surface area contributed by atoms with Crippen molar-refractivity contribution in [1.82, 2.24) is 19.8 Å². The molecule has 0 atom stereocenters. The zero-order valence-corrected chi connectivity index (χ0v) is 15.9. The molecule has 1 amide bonds. The van der Waals surface area contributed by atoms with Crippen LogP contribution in [0.25, 0.3) is 10.6 Å². The highest BCUT2D eigenvalue weighted by molar-refractivity contribution is 7.14. The van der Waals surface area contributed by atoms with Gasteiger partial charge in [0.2, 0.25) is 0 Å². The van der Waals surface area contributed by atoms with Crippen LogP contribution in [0.3, 0.4) is 0 Å². The van der Waals surface area contributed by atoms with Gasteiger partial charge in [0.05, 0.1) is 0 Å². The molecule has 3 heterocycles. The summed E-state index contributed by atoms with van der Waals surface area (Å²) in [5, 5.41) is 6.80. The number of rotatable bonds is 7. The Morgan fingerprint density at radius 3 is 2.76 bits per heavy atom. The highest BCUT2D eigenvalue weighted by atomic mass is 32.1. The van der Waals surface area contributed by atoms with Gasteiger partial charge in [-0.2, -0.15) is 11.3 Å². The fourth-order valence-electron chi connectivity index (χ4n) is 2.34. The molecule has 0 fully saturated rings. The van der Waals surface area contributed by atoms with Crippen LogP contribution in [0.1, 0.15) is 16.1 Å². The first kappa shape index (κ1) is 17.7. The summed E-state index contributed by atoms with van der Waals surface area (Å²) in [6, 6.07) is 5.90. The number of pyridine rings is 1. The van der Waals surface area contributed by atoms with E-state index in [-0.39, 0.29) is 5.91 Å². The second kappa shape index (κ2) is 8.33. The molecule has 0 N–H and O–H groups in total. The first-order chi connectivity index (χ1) is 12.1. The van der Waals surface area contributed by atoms with Gasteiger partial charge in [-0.1, -0.05) is 6.07 Å². The molecule has 0 unspecified atom stereocenters. The molecular formula is C18H20N4OS2. The van der Waals surface area contributed by atoms with Gasteiger partial charge in [-0.3, -0.25) is 9.78 Å². The lowest BCUT2D eigenvalue weighted by atomic mass is 10.2. The van der Waals surface area contributed by atoms with Crippen molar-refractivity contribution in [2.24, 2.45) is 0 Å². The van der Waals surface area contributed by atoms with Crippen molar-refractivity contribution in [3.8, 4) is 10.6 Å². The van der Waals surface area contributed by atoms with Gasteiger partial charge >= 0.3 is 0 Å². The van der Waals surface area contributed by atoms with Crippen molar-refractivity contribution < 1.29 is 4.79 Å². The average molecular weight is 373 g/mol. The number of amides is 1. The normalized spacial score (nSPS) is 11.0. The fraction of sp³-hybridized carbons (Fsp3) is 0.278. The van der Waals surface area contributed by atoms with Crippen LogP contribution in [0.2, 0.25) is 0 Å². The summed E-state index contributed by atoms with van der Waals surface area (Å²) < 4.78 is 0. The van der Waals surface area contributed by atoms with Crippen LogP contribution >= 0.6 is 22.7 Å². The van der Waals surface area contributed by atoms with E-state index in [1.54, 1.807) is 23.7 Å². The monoisotopic (exact) mass is 372 g/mol. The molecule has 7 heteroatoms. The van der Waals surface area contributed by atoms with Crippen molar-refractivity contribution in [2.45, 2.75) is 6.54 Å². The highest BCUT2D eigenvalue weighted by Gasteiger charge is 2.20. The van der Waals surface area contributed by atoms with Crippen molar-refractivity contribution in [1.29, 1.82) is 0 Å². The van der Waals surface area contributed by atoms with Crippen molar-refractivity contribution >= 4 is 28.6 Å². The summed E-state index contributed by atoms with van der Waals surface area (Å²) in [6.45, 7) is 1.98. The van der Waals surface area contributed by atoms with E-state index >= 15 is 0 Å². The molecule has 0 aromatic carbocycles. The SMILES string of the molecule is CN(C)CCN(Cc1cccnc1)C(=O)c1csc(-c2ccsc2)n1. The van der Waals surface area contributed by atoms with Crippen LogP contribution in [0.5, 0.6) is 0 Å². The molecule has 0 aliphatic carbocycles. The molecule has 130 valence electrons. The second-order valence-corrected chi connectivity index (χ2v) is 7.58. The Kier molecular flexibility index (Phi) is 5.91. The maximum atomic E-state index is 13.0. The molecule has 0 saturated carbocycles. The van der Waals surface area contributed by atoms with Crippen LogP contribution in [0.4, 0.5) is 0 Å². The van der Waals surface area contributed by atoms with E-state index in [9.17, 15) is 4.79 Å². The maximum Gasteiger partial charge on any atom is 0.273 e. The lowest BCUT2D eigenvalue weighted by Crippen LogP contribution is -2.36. The Morgan fingerprint density at radius 1 is 1.20 bits per heavy atom. The minimum absolute atomic E-state index is 0.0385. The number of carbonyl (C=O) groups excluding carboxylic acids is 1. The Morgan fingerprint density at radius 2 is 2.08 bits per heavy atom. The summed E-state index contributed by atoms with van der Waals surface area (Å²) in [6.07, 6.45) is 3.54. The van der Waals surface area contributed by atoms with Gasteiger partial charge in [-0.25, -0.2) is 4.98 Å². The van der Waals surface area contributed by atoms with Gasteiger partial charge in [0.15, 0.2) is 0 Å². The first-order valence-electron chi connectivity index (χ1n) is 7.94. The third kappa shape index (κ3) is 4.72. The van der Waals surface area contributed by atoms with Crippen LogP contribution < -0.4 is 0 Å². The van der Waals surface area contributed by atoms with Gasteiger partial charge in [0, 0.05) is 48.4 Å². The smallest absolute Gasteiger partial charge is 0.273 e. The van der Waals surface area contributed by atoms with E-state index in [0.29, 0.717) is 18.8 Å². The molecule has 0 spiro atoms. The van der Waals surface area contributed by atoms with Crippen LogP contribution in [-0.4, -0.2) is 52.9 Å². The van der Waals surface area contributed by atoms with Crippen molar-refractivity contribution in [3.05, 3.63) is 58.0 Å². The number of thiazole rings is 1. The third-order valence-corrected chi connectivity index (χ3v) is 5.27. The molecule has 0 bridgehead atoms. The number of hydrogen-bond donors (Lipinski definition) is 0. The van der Waals surface area contributed by atoms with Crippen LogP contribution in [0, 0.1) is 0 Å². The highest BCUT2D eigenvalue weighted by Crippen LogP contribution is 2.26. The molecule has 3 aromatic heterocycles. The van der Waals surface area contributed by atoms with Gasteiger partial charge in [0.25, 0.3) is 5.91 Å². The van der Waals surface area contributed by atoms with E-state index in [2.05, 4.69) is 14.9 Å². The topological polar surface area (TPSA) is 49.3 Å². The standard InChI is InChI=1S/C18H20N4OS2/c1-21(2)7-8-22(11-14-4-3-6-19-10-14)18(23)16-13-25-17(20-16)15-5-9-24-12-15/h3-6,9-10,12-13H,7-8,11H2,1-2H3. The quantitative estimate of drug-likeness (QED) is 0.637. The zero-order chi connectivity index (χ0) is 17.6. The van der Waals surface area contributed by atoms with Crippen molar-refractivity contribution in [3.63, 3.8) is 0 Å². The third-order valence-electron chi connectivity index (χ3n) is 3.69. The van der Waals surface area contributed by atoms with E-state index in [0.717, 1.165) is 22.7 Å². The molecule has 5 nitrogen and oxygen atoms in total. The lowest BCUT2D eigenvalue weighted by molar-refractivity contribution is 0.0727. The minimum atomic E-state index is -0.0385. The minimum Gasteiger partial charge on any atom is -0.332 e. The number of nitrogens with zero attached hydrogens (tertiary/aromatic N) is 4. The van der Waals surface area contributed by atoms with Crippen molar-refractivity contribution in [2.75, 3.05) is 27.2 Å². The molecule has 25 heavy (non-hydrogen) atoms. The predicted octanol–water partition coefficient (Wildman–Crippen LogP) is 3.47. The average Bonchev–Trinajstić information content (AvgIpc) is 3.29. The van der Waals surface area contributed by atoms with Gasteiger partial charge in [0.1, 0.15) is 10.7 Å². The Bertz CT molecular complexity index is 800. The molecule has 3 aromatic rings. The lowest BCUT2D eigenvalue weighted by Gasteiger charge is -2.23. The first-order valence-corrected chi connectivity index (χ1v) is 9.77. The molecule has 0 radical (unpaired) electrons. The Hall–Kier alpha value is -2.09. The fourth-order valence-corrected chi connectivity index (χ4v) is 3.84. The summed E-state index contributed by atoms with van der Waals surface area (Å²) in [5.41, 5.74) is 2.60. The number of carbonyl (C=O) groups is 1. The number of likely N-dealkylation sites (N-methyl/N-ethyl adjacent to an activating group) is 1. The molecule has 3 rings (SSSR count). The zero-order valence-electron chi connectivity index (χ0n) is 14.3. The molecule has 0 aliphatic rings. The van der Waals surface area contributed by atoms with Gasteiger partial charge in [-0.15, -0.1) is 11.3 Å². The second-order valence-electron chi connectivity index (χ2n) is 5.94. The maximum absolute atomic E-state index is 13.0. The summed E-state index contributed by atoms with van der Waals surface area (Å²) in [4.78, 5) is 25.6. The Balaban J connectivity index is 1.78. The van der Waals surface area contributed by atoms with Gasteiger partial charge < -0.3 is 9.80 Å². The molecular weight excluding hydrogens is 352 g/mol. The summed E-state index contributed by atoms with van der Waals surface area (Å²) in [5.74, 6) is -0.0385. The van der Waals surface area contributed by atoms with E-state index in [4.69, 9.17) is 0 Å². The number of aromatic nitrogens is 2. The predicted molar refractivity (Wildman–Crippen MR) is 103 cm³/mol. The largest absolute Gasteiger partial charge is 0.332 e. The number of thiophene rings is 1. The van der Waals surface area contributed by atoms with Crippen LogP contribution in [0.15, 0.2) is 46.7 Å². The Labute approximate surface area is 155 Å². The number of hydrogen-bond acceptors (Lipinski definition) is 6. The van der Waals surface area contributed by atoms with Crippen LogP contribution in [-0.2, 0) is 6.54 Å². The van der Waals surface area contributed by atoms with E-state index in [1.165, 1.54) is 11.3 Å². The van der Waals surface area contributed by atoms with Gasteiger partial charge in [-0.05, 0) is 37.2 Å². The van der Waals surface area contributed by atoms with E-state index in [1.807, 2.05) is 53.3 Å². The summed E-state index contributed by atoms with van der Waals surface area (Å²) >= 11 is 3.14. The molecule has 0 aliphatic heterocycles. The van der Waals surface area contributed by atoms with E-state index < -0.39 is 0 Å². The molecule has 0 saturated heterocycles. The summed E-state index contributed by atoms with van der Waals surface area (Å²) in [7, 11) is 4.01.